The zero-order valence-corrected chi connectivity index (χ0v) is 9.61. The number of halogens is 2. The van der Waals surface area contributed by atoms with Crippen molar-refractivity contribution in [3.63, 3.8) is 0 Å². The number of esters is 1. The van der Waals surface area contributed by atoms with Crippen molar-refractivity contribution >= 4 is 11.8 Å². The minimum Gasteiger partial charge on any atom is -0.466 e. The average molecular weight is 255 g/mol. The Hall–Kier alpha value is -2.23. The van der Waals surface area contributed by atoms with E-state index in [1.165, 1.54) is 0 Å². The number of hydrogen-bond donors (Lipinski definition) is 1. The molecular formula is C11H11F2N3O2. The molecule has 7 heteroatoms. The van der Waals surface area contributed by atoms with Crippen LogP contribution in [0.5, 0.6) is 0 Å². The minimum absolute atomic E-state index is 0.0877. The first-order valence-corrected chi connectivity index (χ1v) is 5.12. The van der Waals surface area contributed by atoms with Crippen molar-refractivity contribution in [3.8, 4) is 6.07 Å². The van der Waals surface area contributed by atoms with Crippen LogP contribution in [0.25, 0.3) is 0 Å². The van der Waals surface area contributed by atoms with Crippen LogP contribution in [0.4, 0.5) is 14.6 Å². The molecule has 0 unspecified atom stereocenters. The van der Waals surface area contributed by atoms with E-state index >= 15 is 0 Å². The molecule has 1 aromatic rings. The van der Waals surface area contributed by atoms with Crippen molar-refractivity contribution in [2.75, 3.05) is 12.3 Å². The molecule has 0 spiro atoms. The summed E-state index contributed by atoms with van der Waals surface area (Å²) in [6.07, 6.45) is -3.34. The molecular weight excluding hydrogens is 244 g/mol. The van der Waals surface area contributed by atoms with Gasteiger partial charge < -0.3 is 10.5 Å². The molecule has 0 radical (unpaired) electrons. The molecule has 0 amide bonds. The number of hydrogen-bond acceptors (Lipinski definition) is 5. The molecule has 96 valence electrons. The second-order valence-electron chi connectivity index (χ2n) is 3.35. The summed E-state index contributed by atoms with van der Waals surface area (Å²) in [5, 5.41) is 8.77. The Balaban J connectivity index is 3.20. The SMILES string of the molecule is CCOC(=O)Cc1nc(N)cc(C#N)c1C(F)F. The van der Waals surface area contributed by atoms with Gasteiger partial charge in [-0.3, -0.25) is 4.79 Å². The molecule has 0 aliphatic carbocycles. The molecule has 0 aromatic carbocycles. The van der Waals surface area contributed by atoms with Gasteiger partial charge in [-0.15, -0.1) is 0 Å². The van der Waals surface area contributed by atoms with Gasteiger partial charge in [0.1, 0.15) is 5.82 Å². The van der Waals surface area contributed by atoms with Crippen molar-refractivity contribution in [2.45, 2.75) is 19.8 Å². The molecule has 5 nitrogen and oxygen atoms in total. The topological polar surface area (TPSA) is 89.0 Å². The fourth-order valence-electron chi connectivity index (χ4n) is 1.45. The number of nitrogens with zero attached hydrogens (tertiary/aromatic N) is 2. The van der Waals surface area contributed by atoms with Gasteiger partial charge in [0.05, 0.1) is 35.9 Å². The number of nitriles is 1. The van der Waals surface area contributed by atoms with Crippen molar-refractivity contribution in [2.24, 2.45) is 0 Å². The second-order valence-corrected chi connectivity index (χ2v) is 3.35. The molecule has 18 heavy (non-hydrogen) atoms. The zero-order valence-electron chi connectivity index (χ0n) is 9.61. The zero-order chi connectivity index (χ0) is 13.7. The fourth-order valence-corrected chi connectivity index (χ4v) is 1.45. The van der Waals surface area contributed by atoms with Crippen LogP contribution in [0, 0.1) is 11.3 Å². The maximum Gasteiger partial charge on any atom is 0.311 e. The summed E-state index contributed by atoms with van der Waals surface area (Å²) in [5.41, 5.74) is 4.32. The van der Waals surface area contributed by atoms with E-state index < -0.39 is 24.4 Å². The first-order valence-electron chi connectivity index (χ1n) is 5.12. The lowest BCUT2D eigenvalue weighted by Gasteiger charge is -2.10. The summed E-state index contributed by atoms with van der Waals surface area (Å²) < 4.78 is 30.4. The third-order valence-corrected chi connectivity index (χ3v) is 2.11. The molecule has 0 saturated heterocycles. The normalized spacial score (nSPS) is 10.2. The smallest absolute Gasteiger partial charge is 0.311 e. The first-order chi connectivity index (χ1) is 8.49. The molecule has 0 atom stereocenters. The van der Waals surface area contributed by atoms with Crippen LogP contribution in [0.1, 0.15) is 30.2 Å². The van der Waals surface area contributed by atoms with Gasteiger partial charge >= 0.3 is 5.97 Å². The maximum absolute atomic E-state index is 12.9. The van der Waals surface area contributed by atoms with Crippen LogP contribution < -0.4 is 5.73 Å². The summed E-state index contributed by atoms with van der Waals surface area (Å²) in [5.74, 6) is -0.781. The van der Waals surface area contributed by atoms with Gasteiger partial charge in [0.25, 0.3) is 6.43 Å². The van der Waals surface area contributed by atoms with Crippen molar-refractivity contribution in [1.82, 2.24) is 4.98 Å². The average Bonchev–Trinajstić information content (AvgIpc) is 2.27. The summed E-state index contributed by atoms with van der Waals surface area (Å²) in [6, 6.07) is 2.66. The standard InChI is InChI=1S/C11H11F2N3O2/c1-2-18-9(17)4-7-10(11(12)13)6(5-14)3-8(15)16-7/h3,11H,2,4H2,1H3,(H2,15,16). The van der Waals surface area contributed by atoms with Crippen LogP contribution in [-0.2, 0) is 16.0 Å². The van der Waals surface area contributed by atoms with Crippen molar-refractivity contribution < 1.29 is 18.3 Å². The van der Waals surface area contributed by atoms with Crippen LogP contribution in [0.15, 0.2) is 6.07 Å². The van der Waals surface area contributed by atoms with E-state index in [2.05, 4.69) is 9.72 Å². The summed E-state index contributed by atoms with van der Waals surface area (Å²) in [4.78, 5) is 14.9. The molecule has 1 aromatic heterocycles. The summed E-state index contributed by atoms with van der Waals surface area (Å²) in [6.45, 7) is 1.73. The minimum atomic E-state index is -2.91. The Kier molecular flexibility index (Phi) is 4.54. The number of aromatic nitrogens is 1. The number of pyridine rings is 1. The van der Waals surface area contributed by atoms with Gasteiger partial charge in [-0.05, 0) is 13.0 Å². The number of carbonyl (C=O) groups excluding carboxylic acids is 1. The number of anilines is 1. The van der Waals surface area contributed by atoms with Crippen molar-refractivity contribution in [3.05, 3.63) is 22.9 Å². The highest BCUT2D eigenvalue weighted by molar-refractivity contribution is 5.73. The summed E-state index contributed by atoms with van der Waals surface area (Å²) >= 11 is 0. The second kappa shape index (κ2) is 5.91. The monoisotopic (exact) mass is 255 g/mol. The Bertz CT molecular complexity index is 498. The van der Waals surface area contributed by atoms with Gasteiger partial charge in [-0.1, -0.05) is 0 Å². The Labute approximate surface area is 102 Å². The Morgan fingerprint density at radius 1 is 1.67 bits per heavy atom. The van der Waals surface area contributed by atoms with E-state index in [0.29, 0.717) is 0 Å². The van der Waals surface area contributed by atoms with E-state index in [-0.39, 0.29) is 23.7 Å². The highest BCUT2D eigenvalue weighted by Gasteiger charge is 2.22. The lowest BCUT2D eigenvalue weighted by atomic mass is 10.1. The lowest BCUT2D eigenvalue weighted by molar-refractivity contribution is -0.142. The molecule has 1 heterocycles. The summed E-state index contributed by atoms with van der Waals surface area (Å²) in [7, 11) is 0. The van der Waals surface area contributed by atoms with E-state index in [4.69, 9.17) is 11.0 Å². The van der Waals surface area contributed by atoms with Gasteiger partial charge in [-0.25, -0.2) is 13.8 Å². The van der Waals surface area contributed by atoms with Crippen LogP contribution in [-0.4, -0.2) is 17.6 Å². The third kappa shape index (κ3) is 3.13. The number of ether oxygens (including phenoxy) is 1. The van der Waals surface area contributed by atoms with Crippen molar-refractivity contribution in [1.29, 1.82) is 5.26 Å². The lowest BCUT2D eigenvalue weighted by Crippen LogP contribution is -2.13. The van der Waals surface area contributed by atoms with Gasteiger partial charge in [0.2, 0.25) is 0 Å². The third-order valence-electron chi connectivity index (χ3n) is 2.11. The molecule has 0 saturated carbocycles. The first kappa shape index (κ1) is 13.8. The van der Waals surface area contributed by atoms with Gasteiger partial charge in [0, 0.05) is 0 Å². The highest BCUT2D eigenvalue weighted by Crippen LogP contribution is 2.27. The Morgan fingerprint density at radius 3 is 2.83 bits per heavy atom. The largest absolute Gasteiger partial charge is 0.466 e. The number of nitrogen functional groups attached to an aromatic ring is 1. The Morgan fingerprint density at radius 2 is 2.33 bits per heavy atom. The van der Waals surface area contributed by atoms with Crippen LogP contribution in [0.2, 0.25) is 0 Å². The van der Waals surface area contributed by atoms with Crippen LogP contribution >= 0.6 is 0 Å². The molecule has 0 aliphatic rings. The van der Waals surface area contributed by atoms with Crippen LogP contribution in [0.3, 0.4) is 0 Å². The number of nitrogens with two attached hydrogens (primary N) is 1. The molecule has 2 N–H and O–H groups in total. The number of carbonyl (C=O) groups is 1. The molecule has 0 bridgehead atoms. The quantitative estimate of drug-likeness (QED) is 0.825. The highest BCUT2D eigenvalue weighted by atomic mass is 19.3. The van der Waals surface area contributed by atoms with E-state index in [9.17, 15) is 13.6 Å². The molecule has 0 aliphatic heterocycles. The number of rotatable bonds is 4. The predicted octanol–water partition coefficient (Wildman–Crippen LogP) is 1.58. The fraction of sp³-hybridized carbons (Fsp3) is 0.364. The number of alkyl halides is 2. The molecule has 1 rings (SSSR count). The molecule has 0 fully saturated rings. The van der Waals surface area contributed by atoms with E-state index in [1.807, 2.05) is 0 Å². The van der Waals surface area contributed by atoms with E-state index in [0.717, 1.165) is 6.07 Å². The van der Waals surface area contributed by atoms with Gasteiger partial charge in [0.15, 0.2) is 0 Å². The predicted molar refractivity (Wildman–Crippen MR) is 58.7 cm³/mol. The van der Waals surface area contributed by atoms with E-state index in [1.54, 1.807) is 13.0 Å². The maximum atomic E-state index is 12.9. The van der Waals surface area contributed by atoms with Gasteiger partial charge in [-0.2, -0.15) is 5.26 Å².